The van der Waals surface area contributed by atoms with E-state index in [1.165, 1.54) is 23.1 Å². The fourth-order valence-electron chi connectivity index (χ4n) is 2.10. The third kappa shape index (κ3) is 1.75. The van der Waals surface area contributed by atoms with E-state index in [4.69, 9.17) is 0 Å². The normalized spacial score (nSPS) is 28.1. The van der Waals surface area contributed by atoms with Gasteiger partial charge in [0.15, 0.2) is 0 Å². The lowest BCUT2D eigenvalue weighted by Gasteiger charge is -2.13. The highest BCUT2D eigenvalue weighted by Gasteiger charge is 2.40. The van der Waals surface area contributed by atoms with E-state index < -0.39 is 0 Å². The monoisotopic (exact) mass is 188 g/mol. The Morgan fingerprint density at radius 1 is 1.29 bits per heavy atom. The van der Waals surface area contributed by atoms with Crippen molar-refractivity contribution in [3.63, 3.8) is 0 Å². The summed E-state index contributed by atoms with van der Waals surface area (Å²) < 4.78 is 0. The van der Waals surface area contributed by atoms with Gasteiger partial charge in [-0.15, -0.1) is 0 Å². The van der Waals surface area contributed by atoms with E-state index in [-0.39, 0.29) is 0 Å². The largest absolute Gasteiger partial charge is 0.0985 e. The Morgan fingerprint density at radius 3 is 2.43 bits per heavy atom. The predicted octanol–water partition coefficient (Wildman–Crippen LogP) is 4.28. The second-order valence-electron chi connectivity index (χ2n) is 3.63. The summed E-state index contributed by atoms with van der Waals surface area (Å²) in [6.07, 6.45) is 7.56. The molecule has 76 valence electrons. The van der Waals surface area contributed by atoms with Gasteiger partial charge in [-0.3, -0.25) is 0 Å². The second kappa shape index (κ2) is 4.45. The van der Waals surface area contributed by atoms with Crippen LogP contribution < -0.4 is 0 Å². The second-order valence-corrected chi connectivity index (χ2v) is 3.63. The maximum atomic E-state index is 3.84. The highest BCUT2D eigenvalue weighted by molar-refractivity contribution is 5.53. The average Bonchev–Trinajstić information content (AvgIpc) is 3.00. The van der Waals surface area contributed by atoms with Crippen molar-refractivity contribution in [3.8, 4) is 0 Å². The van der Waals surface area contributed by atoms with Crippen molar-refractivity contribution < 1.29 is 0 Å². The Morgan fingerprint density at radius 2 is 1.93 bits per heavy atom. The summed E-state index contributed by atoms with van der Waals surface area (Å²) in [7, 11) is 0. The molecule has 14 heavy (non-hydrogen) atoms. The van der Waals surface area contributed by atoms with Crippen molar-refractivity contribution in [3.05, 3.63) is 48.1 Å². The van der Waals surface area contributed by atoms with Crippen molar-refractivity contribution in [2.24, 2.45) is 11.8 Å². The van der Waals surface area contributed by atoms with E-state index >= 15 is 0 Å². The molecule has 0 amide bonds. The molecule has 0 saturated heterocycles. The number of hydrogen-bond acceptors (Lipinski definition) is 0. The van der Waals surface area contributed by atoms with Gasteiger partial charge in [0.05, 0.1) is 0 Å². The molecule has 0 heterocycles. The molecule has 0 N–H and O–H groups in total. The Kier molecular flexibility index (Phi) is 3.51. The lowest BCUT2D eigenvalue weighted by Crippen LogP contribution is -1.98. The van der Waals surface area contributed by atoms with Gasteiger partial charge in [-0.25, -0.2) is 0 Å². The van der Waals surface area contributed by atoms with Crippen molar-refractivity contribution in [2.75, 3.05) is 0 Å². The van der Waals surface area contributed by atoms with Crippen LogP contribution in [-0.2, 0) is 0 Å². The highest BCUT2D eigenvalue weighted by Crippen LogP contribution is 2.51. The first-order chi connectivity index (χ1) is 6.77. The van der Waals surface area contributed by atoms with Crippen LogP contribution >= 0.6 is 0 Å². The summed E-state index contributed by atoms with van der Waals surface area (Å²) in [4.78, 5) is 0. The molecule has 2 unspecified atom stereocenters. The summed E-state index contributed by atoms with van der Waals surface area (Å²) >= 11 is 0. The molecule has 0 aliphatic heterocycles. The van der Waals surface area contributed by atoms with Crippen LogP contribution in [0.5, 0.6) is 0 Å². The van der Waals surface area contributed by atoms with E-state index in [2.05, 4.69) is 26.2 Å². The summed E-state index contributed by atoms with van der Waals surface area (Å²) in [5.74, 6) is 1.63. The molecular weight excluding hydrogens is 168 g/mol. The smallest absolute Gasteiger partial charge is 0.0127 e. The zero-order valence-electron chi connectivity index (χ0n) is 9.51. The molecule has 0 spiro atoms. The molecule has 0 aromatic carbocycles. The standard InChI is InChI=1S/C12H14.C2H6/c1-4-9-6-10-7-12(10)8(3)11(9)5-2;1-2/h4-6,10,12H,1-2,7H2,3H3;1-2H3. The van der Waals surface area contributed by atoms with E-state index in [9.17, 15) is 0 Å². The van der Waals surface area contributed by atoms with Crippen molar-refractivity contribution in [2.45, 2.75) is 27.2 Å². The molecule has 0 heteroatoms. The zero-order valence-corrected chi connectivity index (χ0v) is 9.51. The van der Waals surface area contributed by atoms with E-state index in [0.717, 1.165) is 11.8 Å². The minimum atomic E-state index is 0.807. The van der Waals surface area contributed by atoms with Crippen molar-refractivity contribution in [1.82, 2.24) is 0 Å². The van der Waals surface area contributed by atoms with Gasteiger partial charge in [-0.2, -0.15) is 0 Å². The summed E-state index contributed by atoms with van der Waals surface area (Å²) in [6, 6.07) is 0. The number of hydrogen-bond donors (Lipinski definition) is 0. The van der Waals surface area contributed by atoms with Crippen LogP contribution in [0.3, 0.4) is 0 Å². The van der Waals surface area contributed by atoms with Crippen LogP contribution in [0.15, 0.2) is 48.1 Å². The van der Waals surface area contributed by atoms with Gasteiger partial charge in [0.1, 0.15) is 0 Å². The van der Waals surface area contributed by atoms with Gasteiger partial charge in [-0.05, 0) is 36.3 Å². The Labute approximate surface area is 87.7 Å². The molecule has 0 aromatic heterocycles. The van der Waals surface area contributed by atoms with Gasteiger partial charge in [0.25, 0.3) is 0 Å². The molecular formula is C14H20. The van der Waals surface area contributed by atoms with Crippen molar-refractivity contribution >= 4 is 0 Å². The molecule has 0 aromatic rings. The molecule has 1 fully saturated rings. The van der Waals surface area contributed by atoms with Gasteiger partial charge in [-0.1, -0.05) is 50.8 Å². The van der Waals surface area contributed by atoms with Crippen LogP contribution in [-0.4, -0.2) is 0 Å². The van der Waals surface area contributed by atoms with Crippen LogP contribution in [0.25, 0.3) is 0 Å². The fourth-order valence-corrected chi connectivity index (χ4v) is 2.10. The first-order valence-electron chi connectivity index (χ1n) is 5.45. The van der Waals surface area contributed by atoms with Gasteiger partial charge in [0, 0.05) is 0 Å². The third-order valence-corrected chi connectivity index (χ3v) is 2.95. The van der Waals surface area contributed by atoms with Gasteiger partial charge < -0.3 is 0 Å². The molecule has 2 rings (SSSR count). The quantitative estimate of drug-likeness (QED) is 0.607. The average molecular weight is 188 g/mol. The number of rotatable bonds is 2. The minimum Gasteiger partial charge on any atom is -0.0985 e. The first kappa shape index (κ1) is 11.0. The topological polar surface area (TPSA) is 0 Å². The molecule has 0 bridgehead atoms. The third-order valence-electron chi connectivity index (χ3n) is 2.95. The summed E-state index contributed by atoms with van der Waals surface area (Å²) in [5, 5.41) is 0. The Balaban J connectivity index is 0.000000461. The molecule has 0 radical (unpaired) electrons. The maximum absolute atomic E-state index is 3.84. The van der Waals surface area contributed by atoms with Crippen LogP contribution in [0.2, 0.25) is 0 Å². The molecule has 1 saturated carbocycles. The molecule has 2 aliphatic rings. The van der Waals surface area contributed by atoms with Crippen molar-refractivity contribution in [1.29, 1.82) is 0 Å². The number of allylic oxidation sites excluding steroid dienone is 6. The molecule has 0 nitrogen and oxygen atoms in total. The summed E-state index contributed by atoms with van der Waals surface area (Å²) in [5.41, 5.74) is 4.09. The molecule has 2 atom stereocenters. The Bertz CT molecular complexity index is 302. The van der Waals surface area contributed by atoms with Crippen LogP contribution in [0, 0.1) is 11.8 Å². The predicted molar refractivity (Wildman–Crippen MR) is 64.1 cm³/mol. The maximum Gasteiger partial charge on any atom is -0.0127 e. The Hall–Kier alpha value is -1.04. The number of fused-ring (bicyclic) bond motifs is 1. The van der Waals surface area contributed by atoms with E-state index in [1.807, 2.05) is 26.0 Å². The van der Waals surface area contributed by atoms with E-state index in [0.29, 0.717) is 0 Å². The minimum absolute atomic E-state index is 0.807. The van der Waals surface area contributed by atoms with E-state index in [1.54, 1.807) is 0 Å². The summed E-state index contributed by atoms with van der Waals surface area (Å²) in [6.45, 7) is 13.9. The lowest BCUT2D eigenvalue weighted by molar-refractivity contribution is 0.889. The van der Waals surface area contributed by atoms with Gasteiger partial charge >= 0.3 is 0 Å². The SMILES string of the molecule is C=CC1=CC2CC2C(C)=C1C=C.CC. The van der Waals surface area contributed by atoms with Crippen LogP contribution in [0.4, 0.5) is 0 Å². The zero-order chi connectivity index (χ0) is 10.7. The molecule has 2 aliphatic carbocycles. The highest BCUT2D eigenvalue weighted by atomic mass is 14.4. The fraction of sp³-hybridized carbons (Fsp3) is 0.429. The van der Waals surface area contributed by atoms with Crippen LogP contribution in [0.1, 0.15) is 27.2 Å². The first-order valence-corrected chi connectivity index (χ1v) is 5.45. The van der Waals surface area contributed by atoms with Gasteiger partial charge in [0.2, 0.25) is 0 Å². The lowest BCUT2D eigenvalue weighted by atomic mass is 9.92.